The Morgan fingerprint density at radius 3 is 2.76 bits per heavy atom. The first-order valence-electron chi connectivity index (χ1n) is 8.00. The molecule has 0 aliphatic carbocycles. The van der Waals surface area contributed by atoms with Gasteiger partial charge in [0.1, 0.15) is 5.75 Å². The lowest BCUT2D eigenvalue weighted by Crippen LogP contribution is -2.14. The maximum absolute atomic E-state index is 12.8. The fraction of sp³-hybridized carbons (Fsp3) is 0.278. The first-order valence-corrected chi connectivity index (χ1v) is 8.00. The normalized spacial score (nSPS) is 11.1. The van der Waals surface area contributed by atoms with Gasteiger partial charge in [-0.05, 0) is 39.0 Å². The van der Waals surface area contributed by atoms with E-state index in [4.69, 9.17) is 10.5 Å². The number of benzene rings is 1. The van der Waals surface area contributed by atoms with Gasteiger partial charge < -0.3 is 15.8 Å². The van der Waals surface area contributed by atoms with E-state index in [1.54, 1.807) is 42.3 Å². The van der Waals surface area contributed by atoms with Crippen LogP contribution in [-0.4, -0.2) is 27.8 Å². The van der Waals surface area contributed by atoms with Crippen LogP contribution in [0.5, 0.6) is 5.75 Å². The van der Waals surface area contributed by atoms with Crippen LogP contribution in [0.1, 0.15) is 35.9 Å². The van der Waals surface area contributed by atoms with E-state index in [0.29, 0.717) is 33.7 Å². The highest BCUT2D eigenvalue weighted by molar-refractivity contribution is 6.12. The molecule has 0 unspecified atom stereocenters. The fourth-order valence-corrected chi connectivity index (χ4v) is 2.67. The molecule has 0 saturated carbocycles. The topological polar surface area (TPSA) is 95.1 Å². The number of nitrogens with two attached hydrogens (primary N) is 1. The minimum Gasteiger partial charge on any atom is -0.497 e. The third-order valence-corrected chi connectivity index (χ3v) is 3.94. The van der Waals surface area contributed by atoms with E-state index < -0.39 is 0 Å². The second kappa shape index (κ2) is 6.43. The highest BCUT2D eigenvalue weighted by atomic mass is 16.5. The molecule has 7 nitrogen and oxygen atoms in total. The summed E-state index contributed by atoms with van der Waals surface area (Å²) in [5, 5.41) is 7.92. The number of hydrogen-bond donors (Lipinski definition) is 2. The van der Waals surface area contributed by atoms with Gasteiger partial charge in [-0.1, -0.05) is 0 Å². The summed E-state index contributed by atoms with van der Waals surface area (Å²) >= 11 is 0. The van der Waals surface area contributed by atoms with Gasteiger partial charge in [-0.2, -0.15) is 5.10 Å². The van der Waals surface area contributed by atoms with E-state index in [1.807, 2.05) is 20.8 Å². The van der Waals surface area contributed by atoms with E-state index in [2.05, 4.69) is 15.4 Å². The van der Waals surface area contributed by atoms with E-state index >= 15 is 0 Å². The Morgan fingerprint density at radius 2 is 2.08 bits per heavy atom. The zero-order valence-electron chi connectivity index (χ0n) is 14.7. The summed E-state index contributed by atoms with van der Waals surface area (Å²) < 4.78 is 6.99. The molecule has 3 rings (SSSR count). The number of hydrogen-bond acceptors (Lipinski definition) is 5. The number of carbonyl (C=O) groups is 1. The standard InChI is InChI=1S/C18H21N5O2/c1-10(2)23-17-14(9-20-23)13(7-11(3)21-17)18(24)22-16-8-12(25-4)5-6-15(16)19/h5-10H,19H2,1-4H3,(H,22,24). The monoisotopic (exact) mass is 339 g/mol. The Bertz CT molecular complexity index is 946. The molecule has 0 aliphatic rings. The number of carbonyl (C=O) groups excluding carboxylic acids is 1. The van der Waals surface area contributed by atoms with Gasteiger partial charge in [-0.25, -0.2) is 9.67 Å². The second-order valence-electron chi connectivity index (χ2n) is 6.14. The minimum absolute atomic E-state index is 0.150. The second-order valence-corrected chi connectivity index (χ2v) is 6.14. The molecule has 0 spiro atoms. The number of fused-ring (bicyclic) bond motifs is 1. The smallest absolute Gasteiger partial charge is 0.256 e. The summed E-state index contributed by atoms with van der Waals surface area (Å²) in [6, 6.07) is 7.03. The van der Waals surface area contributed by atoms with Gasteiger partial charge in [-0.15, -0.1) is 0 Å². The number of pyridine rings is 1. The van der Waals surface area contributed by atoms with Crippen LogP contribution in [0.4, 0.5) is 11.4 Å². The van der Waals surface area contributed by atoms with Gasteiger partial charge in [0.25, 0.3) is 5.91 Å². The van der Waals surface area contributed by atoms with Crippen molar-refractivity contribution in [2.24, 2.45) is 0 Å². The molecule has 130 valence electrons. The third-order valence-electron chi connectivity index (χ3n) is 3.94. The highest BCUT2D eigenvalue weighted by Gasteiger charge is 2.17. The lowest BCUT2D eigenvalue weighted by Gasteiger charge is -2.11. The number of nitrogens with zero attached hydrogens (tertiary/aromatic N) is 3. The molecule has 0 saturated heterocycles. The molecule has 2 aromatic heterocycles. The van der Waals surface area contributed by atoms with Crippen molar-refractivity contribution in [1.29, 1.82) is 0 Å². The summed E-state index contributed by atoms with van der Waals surface area (Å²) in [5.41, 5.74) is 8.88. The van der Waals surface area contributed by atoms with E-state index in [0.717, 1.165) is 5.69 Å². The van der Waals surface area contributed by atoms with Crippen molar-refractivity contribution in [1.82, 2.24) is 14.8 Å². The number of nitrogens with one attached hydrogen (secondary N) is 1. The molecule has 0 fully saturated rings. The van der Waals surface area contributed by atoms with Crippen molar-refractivity contribution in [2.75, 3.05) is 18.2 Å². The van der Waals surface area contributed by atoms with Gasteiger partial charge >= 0.3 is 0 Å². The number of ether oxygens (including phenoxy) is 1. The van der Waals surface area contributed by atoms with Crippen molar-refractivity contribution < 1.29 is 9.53 Å². The van der Waals surface area contributed by atoms with Crippen LogP contribution >= 0.6 is 0 Å². The van der Waals surface area contributed by atoms with Crippen LogP contribution in [0.2, 0.25) is 0 Å². The van der Waals surface area contributed by atoms with Crippen LogP contribution in [0.15, 0.2) is 30.5 Å². The maximum Gasteiger partial charge on any atom is 0.256 e. The first kappa shape index (κ1) is 16.8. The fourth-order valence-electron chi connectivity index (χ4n) is 2.67. The molecule has 1 aromatic carbocycles. The molecule has 25 heavy (non-hydrogen) atoms. The quantitative estimate of drug-likeness (QED) is 0.712. The predicted octanol–water partition coefficient (Wildman–Crippen LogP) is 3.16. The molecule has 1 amide bonds. The van der Waals surface area contributed by atoms with E-state index in [9.17, 15) is 4.79 Å². The number of amides is 1. The third kappa shape index (κ3) is 3.13. The number of anilines is 2. The van der Waals surface area contributed by atoms with Crippen molar-refractivity contribution in [3.63, 3.8) is 0 Å². The molecule has 3 N–H and O–H groups in total. The van der Waals surface area contributed by atoms with Crippen molar-refractivity contribution >= 4 is 28.3 Å². The van der Waals surface area contributed by atoms with Crippen LogP contribution in [0.3, 0.4) is 0 Å². The summed E-state index contributed by atoms with van der Waals surface area (Å²) in [5.74, 6) is 0.354. The van der Waals surface area contributed by atoms with Gasteiger partial charge in [0.15, 0.2) is 5.65 Å². The van der Waals surface area contributed by atoms with Crippen molar-refractivity contribution in [3.05, 3.63) is 41.7 Å². The predicted molar refractivity (Wildman–Crippen MR) is 98.0 cm³/mol. The van der Waals surface area contributed by atoms with Crippen LogP contribution < -0.4 is 15.8 Å². The molecule has 0 atom stereocenters. The number of rotatable bonds is 4. The lowest BCUT2D eigenvalue weighted by molar-refractivity contribution is 0.102. The zero-order valence-corrected chi connectivity index (χ0v) is 14.7. The minimum atomic E-state index is -0.265. The van der Waals surface area contributed by atoms with Gasteiger partial charge in [0.05, 0.1) is 35.6 Å². The summed E-state index contributed by atoms with van der Waals surface area (Å²) in [6.07, 6.45) is 1.67. The summed E-state index contributed by atoms with van der Waals surface area (Å²) in [7, 11) is 1.56. The SMILES string of the molecule is COc1ccc(N)c(NC(=O)c2cc(C)nc3c2cnn3C(C)C)c1. The average molecular weight is 339 g/mol. The lowest BCUT2D eigenvalue weighted by atomic mass is 10.1. The van der Waals surface area contributed by atoms with E-state index in [1.165, 1.54) is 0 Å². The van der Waals surface area contributed by atoms with Crippen LogP contribution in [-0.2, 0) is 0 Å². The van der Waals surface area contributed by atoms with Gasteiger partial charge in [0, 0.05) is 17.8 Å². The molecule has 0 aliphatic heterocycles. The molecule has 3 aromatic rings. The van der Waals surface area contributed by atoms with Gasteiger partial charge in [-0.3, -0.25) is 4.79 Å². The molecular weight excluding hydrogens is 318 g/mol. The van der Waals surface area contributed by atoms with Crippen molar-refractivity contribution in [2.45, 2.75) is 26.8 Å². The maximum atomic E-state index is 12.8. The Labute approximate surface area is 145 Å². The number of aromatic nitrogens is 3. The Hall–Kier alpha value is -3.09. The average Bonchev–Trinajstić information content (AvgIpc) is 2.99. The number of methoxy groups -OCH3 is 1. The molecule has 2 heterocycles. The molecule has 7 heteroatoms. The zero-order chi connectivity index (χ0) is 18.1. The Morgan fingerprint density at radius 1 is 1.32 bits per heavy atom. The number of nitrogen functional groups attached to an aromatic ring is 1. The molecule has 0 bridgehead atoms. The van der Waals surface area contributed by atoms with Gasteiger partial charge in [0.2, 0.25) is 0 Å². The van der Waals surface area contributed by atoms with Crippen molar-refractivity contribution in [3.8, 4) is 5.75 Å². The summed E-state index contributed by atoms with van der Waals surface area (Å²) in [4.78, 5) is 17.4. The Kier molecular flexibility index (Phi) is 4.31. The largest absolute Gasteiger partial charge is 0.497 e. The molecular formula is C18H21N5O2. The summed E-state index contributed by atoms with van der Waals surface area (Å²) in [6.45, 7) is 5.90. The first-order chi connectivity index (χ1) is 11.9. The highest BCUT2D eigenvalue weighted by Crippen LogP contribution is 2.26. The van der Waals surface area contributed by atoms with Crippen LogP contribution in [0.25, 0.3) is 11.0 Å². The van der Waals surface area contributed by atoms with Crippen LogP contribution in [0, 0.1) is 6.92 Å². The number of aryl methyl sites for hydroxylation is 1. The Balaban J connectivity index is 2.03. The van der Waals surface area contributed by atoms with E-state index in [-0.39, 0.29) is 11.9 Å². The molecule has 0 radical (unpaired) electrons.